The summed E-state index contributed by atoms with van der Waals surface area (Å²) in [4.78, 5) is 17.1. The van der Waals surface area contributed by atoms with E-state index in [0.717, 1.165) is 27.3 Å². The number of fused-ring (bicyclic) bond motifs is 1. The van der Waals surface area contributed by atoms with Crippen LogP contribution in [0.2, 0.25) is 0 Å². The molecule has 0 aliphatic carbocycles. The van der Waals surface area contributed by atoms with Gasteiger partial charge in [0.2, 0.25) is 0 Å². The molecule has 0 spiro atoms. The molecule has 0 bridgehead atoms. The van der Waals surface area contributed by atoms with Crippen molar-refractivity contribution in [3.8, 4) is 21.8 Å². The number of nitrogens with zero attached hydrogens (tertiary/aromatic N) is 3. The Hall–Kier alpha value is -2.99. The SMILES string of the molecule is Cc1nn2ccccc2c1-c1nc(-c2ccccc2)c(C(N)=O)s1. The average molecular weight is 334 g/mol. The quantitative estimate of drug-likeness (QED) is 0.623. The lowest BCUT2D eigenvalue weighted by atomic mass is 10.1. The molecule has 0 aliphatic heterocycles. The van der Waals surface area contributed by atoms with Crippen molar-refractivity contribution in [2.24, 2.45) is 5.73 Å². The predicted molar refractivity (Wildman–Crippen MR) is 95.0 cm³/mol. The van der Waals surface area contributed by atoms with Crippen LogP contribution in [0.3, 0.4) is 0 Å². The zero-order valence-corrected chi connectivity index (χ0v) is 13.7. The second-order valence-electron chi connectivity index (χ2n) is 5.42. The normalized spacial score (nSPS) is 11.0. The van der Waals surface area contributed by atoms with Crippen LogP contribution in [-0.2, 0) is 0 Å². The van der Waals surface area contributed by atoms with Crippen LogP contribution >= 0.6 is 11.3 Å². The highest BCUT2D eigenvalue weighted by Crippen LogP contribution is 2.36. The van der Waals surface area contributed by atoms with E-state index in [4.69, 9.17) is 10.7 Å². The van der Waals surface area contributed by atoms with Crippen LogP contribution in [0.25, 0.3) is 27.3 Å². The van der Waals surface area contributed by atoms with Crippen molar-refractivity contribution in [2.45, 2.75) is 6.92 Å². The van der Waals surface area contributed by atoms with Crippen molar-refractivity contribution >= 4 is 22.8 Å². The number of aromatic nitrogens is 3. The number of hydrogen-bond donors (Lipinski definition) is 1. The number of aryl methyl sites for hydroxylation is 1. The number of primary amides is 1. The second-order valence-corrected chi connectivity index (χ2v) is 6.42. The molecule has 4 aromatic rings. The minimum atomic E-state index is -0.466. The van der Waals surface area contributed by atoms with Gasteiger partial charge in [-0.05, 0) is 19.1 Å². The van der Waals surface area contributed by atoms with Crippen LogP contribution in [0.5, 0.6) is 0 Å². The van der Waals surface area contributed by atoms with Crippen molar-refractivity contribution in [1.29, 1.82) is 0 Å². The van der Waals surface area contributed by atoms with E-state index in [1.165, 1.54) is 11.3 Å². The van der Waals surface area contributed by atoms with Gasteiger partial charge >= 0.3 is 0 Å². The fraction of sp³-hybridized carbons (Fsp3) is 0.0556. The molecule has 0 radical (unpaired) electrons. The summed E-state index contributed by atoms with van der Waals surface area (Å²) in [5.41, 5.74) is 9.84. The van der Waals surface area contributed by atoms with Gasteiger partial charge in [0.05, 0.1) is 22.5 Å². The number of carbonyl (C=O) groups is 1. The fourth-order valence-corrected chi connectivity index (χ4v) is 3.81. The molecule has 3 heterocycles. The Balaban J connectivity index is 1.97. The van der Waals surface area contributed by atoms with Gasteiger partial charge in [0, 0.05) is 11.8 Å². The molecule has 0 fully saturated rings. The maximum absolute atomic E-state index is 11.9. The first-order chi connectivity index (χ1) is 11.6. The fourth-order valence-electron chi connectivity index (χ4n) is 2.77. The lowest BCUT2D eigenvalue weighted by molar-refractivity contribution is 0.100. The van der Waals surface area contributed by atoms with Gasteiger partial charge in [-0.25, -0.2) is 9.50 Å². The van der Waals surface area contributed by atoms with Crippen LogP contribution in [0, 0.1) is 6.92 Å². The third kappa shape index (κ3) is 2.28. The highest BCUT2D eigenvalue weighted by molar-refractivity contribution is 7.17. The number of rotatable bonds is 3. The summed E-state index contributed by atoms with van der Waals surface area (Å²) in [7, 11) is 0. The van der Waals surface area contributed by atoms with Gasteiger partial charge in [-0.15, -0.1) is 11.3 Å². The zero-order chi connectivity index (χ0) is 16.7. The zero-order valence-electron chi connectivity index (χ0n) is 12.9. The van der Waals surface area contributed by atoms with Gasteiger partial charge in [-0.1, -0.05) is 36.4 Å². The second kappa shape index (κ2) is 5.58. The van der Waals surface area contributed by atoms with Gasteiger partial charge in [-0.2, -0.15) is 5.10 Å². The van der Waals surface area contributed by atoms with Crippen molar-refractivity contribution < 1.29 is 4.79 Å². The van der Waals surface area contributed by atoms with Crippen molar-refractivity contribution in [2.75, 3.05) is 0 Å². The third-order valence-electron chi connectivity index (χ3n) is 3.83. The van der Waals surface area contributed by atoms with E-state index in [-0.39, 0.29) is 0 Å². The molecule has 3 aromatic heterocycles. The summed E-state index contributed by atoms with van der Waals surface area (Å²) in [5, 5.41) is 5.26. The average Bonchev–Trinajstić information content (AvgIpc) is 3.16. The largest absolute Gasteiger partial charge is 0.365 e. The highest BCUT2D eigenvalue weighted by atomic mass is 32.1. The van der Waals surface area contributed by atoms with Gasteiger partial charge in [0.25, 0.3) is 5.91 Å². The molecular formula is C18H14N4OS. The summed E-state index contributed by atoms with van der Waals surface area (Å²) >= 11 is 1.31. The number of thiazole rings is 1. The van der Waals surface area contributed by atoms with Crippen molar-refractivity contribution in [1.82, 2.24) is 14.6 Å². The molecule has 24 heavy (non-hydrogen) atoms. The van der Waals surface area contributed by atoms with E-state index < -0.39 is 5.91 Å². The number of carbonyl (C=O) groups excluding carboxylic acids is 1. The number of pyridine rings is 1. The molecule has 118 valence electrons. The van der Waals surface area contributed by atoms with Crippen LogP contribution < -0.4 is 5.73 Å². The first-order valence-corrected chi connectivity index (χ1v) is 8.27. The first-order valence-electron chi connectivity index (χ1n) is 7.45. The Morgan fingerprint density at radius 3 is 2.62 bits per heavy atom. The molecule has 5 nitrogen and oxygen atoms in total. The Morgan fingerprint density at radius 2 is 1.88 bits per heavy atom. The maximum atomic E-state index is 11.9. The van der Waals surface area contributed by atoms with Gasteiger partial charge in [0.15, 0.2) is 0 Å². The summed E-state index contributed by atoms with van der Waals surface area (Å²) in [5.74, 6) is -0.466. The third-order valence-corrected chi connectivity index (χ3v) is 4.91. The molecule has 0 unspecified atom stereocenters. The molecule has 0 aliphatic rings. The van der Waals surface area contributed by atoms with Crippen LogP contribution in [-0.4, -0.2) is 20.5 Å². The summed E-state index contributed by atoms with van der Waals surface area (Å²) in [6.45, 7) is 1.94. The Bertz CT molecular complexity index is 1050. The van der Waals surface area contributed by atoms with E-state index in [0.29, 0.717) is 10.6 Å². The first kappa shape index (κ1) is 14.6. The predicted octanol–water partition coefficient (Wildman–Crippen LogP) is 3.53. The highest BCUT2D eigenvalue weighted by Gasteiger charge is 2.21. The van der Waals surface area contributed by atoms with E-state index in [2.05, 4.69) is 5.10 Å². The van der Waals surface area contributed by atoms with E-state index in [1.54, 1.807) is 0 Å². The molecule has 1 amide bonds. The molecule has 1 aromatic carbocycles. The molecule has 4 rings (SSSR count). The molecular weight excluding hydrogens is 320 g/mol. The summed E-state index contributed by atoms with van der Waals surface area (Å²) in [6.07, 6.45) is 1.90. The number of benzene rings is 1. The minimum Gasteiger partial charge on any atom is -0.365 e. The van der Waals surface area contributed by atoms with E-state index >= 15 is 0 Å². The van der Waals surface area contributed by atoms with E-state index in [9.17, 15) is 4.79 Å². The van der Waals surface area contributed by atoms with Gasteiger partial charge < -0.3 is 5.73 Å². The molecule has 0 saturated carbocycles. The maximum Gasteiger partial charge on any atom is 0.261 e. The Labute approximate surface area is 142 Å². The molecule has 0 saturated heterocycles. The van der Waals surface area contributed by atoms with Crippen LogP contribution in [0.1, 0.15) is 15.4 Å². The lowest BCUT2D eigenvalue weighted by Crippen LogP contribution is -2.10. The summed E-state index contributed by atoms with van der Waals surface area (Å²) < 4.78 is 1.82. The Morgan fingerprint density at radius 1 is 1.12 bits per heavy atom. The molecule has 0 atom stereocenters. The van der Waals surface area contributed by atoms with Crippen molar-refractivity contribution in [3.05, 3.63) is 65.3 Å². The minimum absolute atomic E-state index is 0.464. The monoisotopic (exact) mass is 334 g/mol. The van der Waals surface area contributed by atoms with Crippen LogP contribution in [0.4, 0.5) is 0 Å². The lowest BCUT2D eigenvalue weighted by Gasteiger charge is -1.98. The number of nitrogens with two attached hydrogens (primary N) is 1. The topological polar surface area (TPSA) is 73.3 Å². The van der Waals surface area contributed by atoms with Crippen LogP contribution in [0.15, 0.2) is 54.7 Å². The van der Waals surface area contributed by atoms with Crippen molar-refractivity contribution in [3.63, 3.8) is 0 Å². The van der Waals surface area contributed by atoms with Gasteiger partial charge in [-0.3, -0.25) is 4.79 Å². The standard InChI is InChI=1S/C18H14N4OS/c1-11-14(13-9-5-6-10-22(13)21-11)18-20-15(16(24-18)17(19)23)12-7-3-2-4-8-12/h2-10H,1H3,(H2,19,23). The Kier molecular flexibility index (Phi) is 3.39. The number of hydrogen-bond acceptors (Lipinski definition) is 4. The summed E-state index contributed by atoms with van der Waals surface area (Å²) in [6, 6.07) is 15.5. The van der Waals surface area contributed by atoms with E-state index in [1.807, 2.05) is 66.2 Å². The smallest absolute Gasteiger partial charge is 0.261 e. The molecule has 6 heteroatoms. The molecule has 2 N–H and O–H groups in total. The number of amides is 1. The van der Waals surface area contributed by atoms with Gasteiger partial charge in [0.1, 0.15) is 9.88 Å².